The van der Waals surface area contributed by atoms with E-state index in [0.717, 1.165) is 21.5 Å². The molecule has 5 aromatic rings. The molecular weight excluding hydrogens is 442 g/mol. The van der Waals surface area contributed by atoms with Crippen LogP contribution in [-0.2, 0) is 9.84 Å². The Hall–Kier alpha value is -3.01. The second-order valence-corrected chi connectivity index (χ2v) is 9.89. The normalized spacial score (nSPS) is 11.9. The highest BCUT2D eigenvalue weighted by Crippen LogP contribution is 2.33. The predicted molar refractivity (Wildman–Crippen MR) is 118 cm³/mol. The number of aromatic nitrogens is 4. The quantitative estimate of drug-likeness (QED) is 0.415. The molecule has 0 atom stereocenters. The molecule has 0 spiro atoms. The molecule has 0 bridgehead atoms. The van der Waals surface area contributed by atoms with E-state index in [1.807, 2.05) is 42.6 Å². The molecule has 0 radical (unpaired) electrons. The van der Waals surface area contributed by atoms with Crippen LogP contribution in [0.5, 0.6) is 0 Å². The first kappa shape index (κ1) is 19.0. The number of benzene rings is 2. The number of hydrogen-bond donors (Lipinski definition) is 1. The first-order chi connectivity index (χ1) is 14.4. The second kappa shape index (κ2) is 7.05. The lowest BCUT2D eigenvalue weighted by atomic mass is 10.2. The monoisotopic (exact) mass is 455 g/mol. The fourth-order valence-corrected chi connectivity index (χ4v) is 5.45. The van der Waals surface area contributed by atoms with Crippen LogP contribution in [-0.4, -0.2) is 28.2 Å². The molecule has 3 heterocycles. The van der Waals surface area contributed by atoms with Crippen LogP contribution < -0.4 is 5.32 Å². The van der Waals surface area contributed by atoms with E-state index < -0.39 is 9.84 Å². The second-order valence-electron chi connectivity index (χ2n) is 6.68. The average Bonchev–Trinajstić information content (AvgIpc) is 3.37. The number of rotatable bonds is 4. The maximum atomic E-state index is 13.2. The molecule has 2 aromatic carbocycles. The number of halogens is 1. The molecule has 3 aromatic heterocycles. The Morgan fingerprint density at radius 2 is 1.90 bits per heavy atom. The van der Waals surface area contributed by atoms with Crippen LogP contribution in [0, 0.1) is 6.92 Å². The number of hydrogen-bond acceptors (Lipinski definition) is 7. The van der Waals surface area contributed by atoms with Crippen LogP contribution in [0.4, 0.5) is 11.5 Å². The van der Waals surface area contributed by atoms with Crippen molar-refractivity contribution in [1.29, 1.82) is 0 Å². The molecular formula is C20H14ClN5O2S2. The van der Waals surface area contributed by atoms with E-state index in [9.17, 15) is 8.42 Å². The Morgan fingerprint density at radius 3 is 2.67 bits per heavy atom. The molecule has 0 saturated heterocycles. The molecule has 7 nitrogen and oxygen atoms in total. The fourth-order valence-electron chi connectivity index (χ4n) is 3.10. The smallest absolute Gasteiger partial charge is 0.229 e. The van der Waals surface area contributed by atoms with E-state index in [-0.39, 0.29) is 15.6 Å². The lowest BCUT2D eigenvalue weighted by Crippen LogP contribution is -2.05. The maximum absolute atomic E-state index is 13.2. The van der Waals surface area contributed by atoms with Gasteiger partial charge in [-0.05, 0) is 48.7 Å². The third kappa shape index (κ3) is 3.11. The lowest BCUT2D eigenvalue weighted by molar-refractivity contribution is 0.592. The summed E-state index contributed by atoms with van der Waals surface area (Å²) in [7, 11) is -3.96. The molecule has 0 aliphatic carbocycles. The zero-order valence-electron chi connectivity index (χ0n) is 15.6. The highest BCUT2D eigenvalue weighted by atomic mass is 35.5. The average molecular weight is 456 g/mol. The summed E-state index contributed by atoms with van der Waals surface area (Å²) < 4.78 is 28.7. The van der Waals surface area contributed by atoms with Crippen molar-refractivity contribution in [3.63, 3.8) is 0 Å². The van der Waals surface area contributed by atoms with E-state index in [2.05, 4.69) is 20.6 Å². The van der Waals surface area contributed by atoms with Crippen molar-refractivity contribution in [2.24, 2.45) is 0 Å². The third-order valence-electron chi connectivity index (χ3n) is 4.60. The van der Waals surface area contributed by atoms with Gasteiger partial charge in [-0.15, -0.1) is 16.4 Å². The predicted octanol–water partition coefficient (Wildman–Crippen LogP) is 4.88. The van der Waals surface area contributed by atoms with Crippen molar-refractivity contribution in [2.45, 2.75) is 16.8 Å². The summed E-state index contributed by atoms with van der Waals surface area (Å²) in [5, 5.41) is 13.3. The Morgan fingerprint density at radius 1 is 1.10 bits per heavy atom. The largest absolute Gasteiger partial charge is 0.339 e. The van der Waals surface area contributed by atoms with Crippen molar-refractivity contribution in [1.82, 2.24) is 19.8 Å². The number of sulfone groups is 1. The molecule has 0 unspecified atom stereocenters. The molecule has 150 valence electrons. The number of nitrogens with zero attached hydrogens (tertiary/aromatic N) is 4. The van der Waals surface area contributed by atoms with Crippen molar-refractivity contribution in [3.05, 3.63) is 70.6 Å². The molecule has 30 heavy (non-hydrogen) atoms. The van der Waals surface area contributed by atoms with Gasteiger partial charge in [0.05, 0.1) is 15.1 Å². The topological polar surface area (TPSA) is 89.2 Å². The molecule has 0 aliphatic rings. The molecule has 0 amide bonds. The minimum absolute atomic E-state index is 0.0395. The van der Waals surface area contributed by atoms with Crippen LogP contribution in [0.25, 0.3) is 15.9 Å². The zero-order chi connectivity index (χ0) is 20.9. The number of nitrogens with one attached hydrogen (secondary N) is 1. The first-order valence-electron chi connectivity index (χ1n) is 8.90. The highest BCUT2D eigenvalue weighted by molar-refractivity contribution is 7.91. The highest BCUT2D eigenvalue weighted by Gasteiger charge is 2.27. The summed E-state index contributed by atoms with van der Waals surface area (Å²) in [6.45, 7) is 2.01. The Balaban J connectivity index is 1.71. The molecule has 1 N–H and O–H groups in total. The van der Waals surface area contributed by atoms with Gasteiger partial charge in [0.1, 0.15) is 0 Å². The van der Waals surface area contributed by atoms with Gasteiger partial charge in [0.15, 0.2) is 11.5 Å². The zero-order valence-corrected chi connectivity index (χ0v) is 18.0. The van der Waals surface area contributed by atoms with E-state index >= 15 is 0 Å². The first-order valence-corrected chi connectivity index (χ1v) is 11.6. The van der Waals surface area contributed by atoms with E-state index in [1.165, 1.54) is 28.0 Å². The van der Waals surface area contributed by atoms with Crippen LogP contribution >= 0.6 is 22.9 Å². The van der Waals surface area contributed by atoms with Crippen LogP contribution in [0.15, 0.2) is 69.9 Å². The fraction of sp³-hybridized carbons (Fsp3) is 0.0500. The standard InChI is InChI=1S/C20H14ClN5O2S2/c1-12-5-7-14(8-6-12)22-18-17-16(9-10-29-17)26-19(23-18)20(24-25-26)30(27,28)15-4-2-3-13(21)11-15/h2-11H,1H3,(H,22,23). The lowest BCUT2D eigenvalue weighted by Gasteiger charge is -2.08. The summed E-state index contributed by atoms with van der Waals surface area (Å²) >= 11 is 7.48. The van der Waals surface area contributed by atoms with Gasteiger partial charge in [-0.3, -0.25) is 0 Å². The summed E-state index contributed by atoms with van der Waals surface area (Å²) in [5.74, 6) is 0.543. The number of fused-ring (bicyclic) bond motifs is 3. The number of aryl methyl sites for hydroxylation is 1. The molecule has 0 fully saturated rings. The third-order valence-corrected chi connectivity index (χ3v) is 7.39. The molecule has 0 saturated carbocycles. The molecule has 10 heteroatoms. The van der Waals surface area contributed by atoms with E-state index in [4.69, 9.17) is 11.6 Å². The Bertz CT molecular complexity index is 1510. The SMILES string of the molecule is Cc1ccc(Nc2nc3c(S(=O)(=O)c4cccc(Cl)c4)nnn3c3ccsc23)cc1. The number of anilines is 2. The Labute approximate surface area is 180 Å². The summed E-state index contributed by atoms with van der Waals surface area (Å²) in [6.07, 6.45) is 0. The van der Waals surface area contributed by atoms with Gasteiger partial charge in [-0.2, -0.15) is 4.52 Å². The molecule has 5 rings (SSSR count). The van der Waals surface area contributed by atoms with E-state index in [1.54, 1.807) is 12.1 Å². The Kier molecular flexibility index (Phi) is 4.46. The summed E-state index contributed by atoms with van der Waals surface area (Å²) in [4.78, 5) is 4.63. The minimum Gasteiger partial charge on any atom is -0.339 e. The van der Waals surface area contributed by atoms with Gasteiger partial charge in [0.2, 0.25) is 14.9 Å². The van der Waals surface area contributed by atoms with E-state index in [0.29, 0.717) is 10.8 Å². The van der Waals surface area contributed by atoms with Crippen molar-refractivity contribution in [3.8, 4) is 0 Å². The van der Waals surface area contributed by atoms with Gasteiger partial charge in [-0.1, -0.05) is 40.6 Å². The van der Waals surface area contributed by atoms with Gasteiger partial charge >= 0.3 is 0 Å². The van der Waals surface area contributed by atoms with Gasteiger partial charge < -0.3 is 5.32 Å². The van der Waals surface area contributed by atoms with Gasteiger partial charge in [-0.25, -0.2) is 13.4 Å². The van der Waals surface area contributed by atoms with Gasteiger partial charge in [0.25, 0.3) is 0 Å². The number of thiophene rings is 1. The van der Waals surface area contributed by atoms with Crippen molar-refractivity contribution in [2.75, 3.05) is 5.32 Å². The van der Waals surface area contributed by atoms with Crippen LogP contribution in [0.2, 0.25) is 5.02 Å². The van der Waals surface area contributed by atoms with Crippen LogP contribution in [0.1, 0.15) is 5.56 Å². The molecule has 0 aliphatic heterocycles. The van der Waals surface area contributed by atoms with Crippen molar-refractivity contribution < 1.29 is 8.42 Å². The van der Waals surface area contributed by atoms with Crippen molar-refractivity contribution >= 4 is 60.1 Å². The van der Waals surface area contributed by atoms with Crippen LogP contribution in [0.3, 0.4) is 0 Å². The minimum atomic E-state index is -3.96. The summed E-state index contributed by atoms with van der Waals surface area (Å²) in [5.41, 5.74) is 2.86. The van der Waals surface area contributed by atoms with Gasteiger partial charge in [0, 0.05) is 10.7 Å². The maximum Gasteiger partial charge on any atom is 0.229 e. The summed E-state index contributed by atoms with van der Waals surface area (Å²) in [6, 6.07) is 15.8.